The first-order chi connectivity index (χ1) is 12.3. The summed E-state index contributed by atoms with van der Waals surface area (Å²) < 4.78 is 37.3. The monoisotopic (exact) mass is 379 g/mol. The van der Waals surface area contributed by atoms with Crippen molar-refractivity contribution in [1.29, 1.82) is 0 Å². The Labute approximate surface area is 152 Å². The molecule has 3 rings (SSSR count). The van der Waals surface area contributed by atoms with Crippen LogP contribution in [0.1, 0.15) is 24.3 Å². The number of hydrogen-bond donors (Lipinski definition) is 1. The highest BCUT2D eigenvalue weighted by atomic mass is 32.2. The lowest BCUT2D eigenvalue weighted by atomic mass is 10.2. The highest BCUT2D eigenvalue weighted by Crippen LogP contribution is 2.30. The third-order valence-corrected chi connectivity index (χ3v) is 6.55. The number of methoxy groups -OCH3 is 1. The minimum Gasteiger partial charge on any atom is -0.497 e. The Kier molecular flexibility index (Phi) is 5.01. The fourth-order valence-corrected chi connectivity index (χ4v) is 5.10. The largest absolute Gasteiger partial charge is 0.497 e. The van der Waals surface area contributed by atoms with Gasteiger partial charge in [0, 0.05) is 12.2 Å². The number of nitrogens with one attached hydrogen (secondary N) is 1. The maximum Gasteiger partial charge on any atom is 0.249 e. The van der Waals surface area contributed by atoms with Crippen molar-refractivity contribution in [3.63, 3.8) is 0 Å². The summed E-state index contributed by atoms with van der Waals surface area (Å²) in [6, 6.07) is 6.10. The van der Waals surface area contributed by atoms with Gasteiger partial charge in [-0.25, -0.2) is 8.42 Å². The number of benzene rings is 1. The van der Waals surface area contributed by atoms with Crippen LogP contribution in [0, 0.1) is 13.8 Å². The normalized spacial score (nSPS) is 18.0. The van der Waals surface area contributed by atoms with Crippen molar-refractivity contribution >= 4 is 21.6 Å². The quantitative estimate of drug-likeness (QED) is 0.853. The van der Waals surface area contributed by atoms with Gasteiger partial charge in [0.15, 0.2) is 5.76 Å². The maximum absolute atomic E-state index is 13.0. The highest BCUT2D eigenvalue weighted by molar-refractivity contribution is 7.89. The second kappa shape index (κ2) is 7.08. The summed E-state index contributed by atoms with van der Waals surface area (Å²) in [6.07, 6.45) is 1.08. The van der Waals surface area contributed by atoms with E-state index in [0.717, 1.165) is 0 Å². The van der Waals surface area contributed by atoms with E-state index in [1.165, 1.54) is 4.31 Å². The van der Waals surface area contributed by atoms with E-state index >= 15 is 0 Å². The summed E-state index contributed by atoms with van der Waals surface area (Å²) in [5, 5.41) is 6.49. The third-order valence-electron chi connectivity index (χ3n) is 4.40. The van der Waals surface area contributed by atoms with Crippen molar-refractivity contribution < 1.29 is 22.5 Å². The molecule has 140 valence electrons. The van der Waals surface area contributed by atoms with Crippen molar-refractivity contribution in [3.8, 4) is 5.75 Å². The van der Waals surface area contributed by atoms with Crippen molar-refractivity contribution in [1.82, 2.24) is 9.46 Å². The lowest BCUT2D eigenvalue weighted by molar-refractivity contribution is -0.119. The van der Waals surface area contributed by atoms with Gasteiger partial charge in [-0.2, -0.15) is 4.31 Å². The SMILES string of the molecule is COc1ccc(NC(=O)[C@@H]2CCCN2S(=O)(=O)c2c(C)noc2C)cc1. The molecule has 0 spiro atoms. The third kappa shape index (κ3) is 3.32. The zero-order valence-corrected chi connectivity index (χ0v) is 15.7. The minimum atomic E-state index is -3.86. The van der Waals surface area contributed by atoms with Crippen LogP contribution in [0.5, 0.6) is 5.75 Å². The number of nitrogens with zero attached hydrogens (tertiary/aromatic N) is 2. The predicted octanol–water partition coefficient (Wildman–Crippen LogP) is 2.09. The lowest BCUT2D eigenvalue weighted by Crippen LogP contribution is -2.43. The molecule has 0 radical (unpaired) electrons. The van der Waals surface area contributed by atoms with Gasteiger partial charge in [-0.15, -0.1) is 0 Å². The van der Waals surface area contributed by atoms with Crippen molar-refractivity contribution in [2.24, 2.45) is 0 Å². The van der Waals surface area contributed by atoms with Crippen molar-refractivity contribution in [2.75, 3.05) is 19.0 Å². The molecular weight excluding hydrogens is 358 g/mol. The number of rotatable bonds is 5. The zero-order valence-electron chi connectivity index (χ0n) is 14.9. The van der Waals surface area contributed by atoms with Crippen LogP contribution in [0.2, 0.25) is 0 Å². The van der Waals surface area contributed by atoms with Gasteiger partial charge >= 0.3 is 0 Å². The molecule has 1 aliphatic heterocycles. The Bertz CT molecular complexity index is 885. The molecule has 1 saturated heterocycles. The molecule has 2 aromatic rings. The molecule has 1 amide bonds. The van der Waals surface area contributed by atoms with Gasteiger partial charge in [-0.3, -0.25) is 4.79 Å². The molecule has 2 heterocycles. The summed E-state index contributed by atoms with van der Waals surface area (Å²) in [5.74, 6) is 0.540. The molecule has 0 bridgehead atoms. The van der Waals surface area contributed by atoms with Crippen LogP contribution in [0.25, 0.3) is 0 Å². The number of amides is 1. The molecule has 8 nitrogen and oxygen atoms in total. The first-order valence-corrected chi connectivity index (χ1v) is 9.68. The van der Waals surface area contributed by atoms with Crippen LogP contribution < -0.4 is 10.1 Å². The zero-order chi connectivity index (χ0) is 18.9. The molecule has 26 heavy (non-hydrogen) atoms. The van der Waals surface area contributed by atoms with E-state index in [1.54, 1.807) is 45.2 Å². The van der Waals surface area contributed by atoms with Crippen molar-refractivity contribution in [2.45, 2.75) is 37.6 Å². The molecule has 0 unspecified atom stereocenters. The first-order valence-electron chi connectivity index (χ1n) is 8.24. The maximum atomic E-state index is 13.0. The van der Waals surface area contributed by atoms with Crippen LogP contribution in [0.15, 0.2) is 33.7 Å². The molecule has 1 N–H and O–H groups in total. The van der Waals surface area contributed by atoms with Gasteiger partial charge in [-0.1, -0.05) is 5.16 Å². The standard InChI is InChI=1S/C17H21N3O5S/c1-11-16(12(2)25-19-11)26(22,23)20-10-4-5-15(20)17(21)18-13-6-8-14(24-3)9-7-13/h6-9,15H,4-5,10H2,1-3H3,(H,18,21)/t15-/m0/s1. The van der Waals surface area contributed by atoms with E-state index in [-0.39, 0.29) is 23.1 Å². The summed E-state index contributed by atoms with van der Waals surface area (Å²) >= 11 is 0. The topological polar surface area (TPSA) is 102 Å². The summed E-state index contributed by atoms with van der Waals surface area (Å²) in [6.45, 7) is 3.41. The van der Waals surface area contributed by atoms with Crippen LogP contribution in [-0.2, 0) is 14.8 Å². The Balaban J connectivity index is 1.82. The fourth-order valence-electron chi connectivity index (χ4n) is 3.15. The average molecular weight is 379 g/mol. The smallest absolute Gasteiger partial charge is 0.249 e. The van der Waals surface area contributed by atoms with E-state index in [9.17, 15) is 13.2 Å². The second-order valence-corrected chi connectivity index (χ2v) is 7.97. The summed E-state index contributed by atoms with van der Waals surface area (Å²) in [4.78, 5) is 12.7. The summed E-state index contributed by atoms with van der Waals surface area (Å²) in [7, 11) is -2.30. The number of sulfonamides is 1. The van der Waals surface area contributed by atoms with Gasteiger partial charge in [0.25, 0.3) is 0 Å². The Morgan fingerprint density at radius 1 is 1.31 bits per heavy atom. The van der Waals surface area contributed by atoms with E-state index in [4.69, 9.17) is 9.26 Å². The molecule has 0 saturated carbocycles. The number of hydrogen-bond acceptors (Lipinski definition) is 6. The van der Waals surface area contributed by atoms with Crippen LogP contribution in [0.4, 0.5) is 5.69 Å². The van der Waals surface area contributed by atoms with Gasteiger partial charge in [0.2, 0.25) is 15.9 Å². The fraction of sp³-hybridized carbons (Fsp3) is 0.412. The van der Waals surface area contributed by atoms with E-state index < -0.39 is 16.1 Å². The number of carbonyl (C=O) groups excluding carboxylic acids is 1. The van der Waals surface area contributed by atoms with E-state index in [1.807, 2.05) is 0 Å². The number of ether oxygens (including phenoxy) is 1. The second-order valence-electron chi connectivity index (χ2n) is 6.14. The average Bonchev–Trinajstić information content (AvgIpc) is 3.23. The number of carbonyl (C=O) groups is 1. The Morgan fingerprint density at radius 2 is 2.00 bits per heavy atom. The van der Waals surface area contributed by atoms with Crippen LogP contribution in [-0.4, -0.2) is 43.5 Å². The highest BCUT2D eigenvalue weighted by Gasteiger charge is 2.41. The Morgan fingerprint density at radius 3 is 2.58 bits per heavy atom. The molecule has 1 aliphatic rings. The molecule has 1 atom stereocenters. The van der Waals surface area contributed by atoms with Gasteiger partial charge in [-0.05, 0) is 51.0 Å². The van der Waals surface area contributed by atoms with Crippen LogP contribution >= 0.6 is 0 Å². The number of aromatic nitrogens is 1. The number of anilines is 1. The minimum absolute atomic E-state index is 0.0432. The van der Waals surface area contributed by atoms with Gasteiger partial charge in [0.1, 0.15) is 22.4 Å². The number of aryl methyl sites for hydroxylation is 2. The van der Waals surface area contributed by atoms with Crippen LogP contribution in [0.3, 0.4) is 0 Å². The molecular formula is C17H21N3O5S. The molecule has 1 fully saturated rings. The Hall–Kier alpha value is -2.39. The van der Waals surface area contributed by atoms with Crippen molar-refractivity contribution in [3.05, 3.63) is 35.7 Å². The molecule has 9 heteroatoms. The molecule has 1 aromatic carbocycles. The summed E-state index contributed by atoms with van der Waals surface area (Å²) in [5.41, 5.74) is 0.876. The van der Waals surface area contributed by atoms with E-state index in [0.29, 0.717) is 30.0 Å². The van der Waals surface area contributed by atoms with Gasteiger partial charge in [0.05, 0.1) is 7.11 Å². The molecule has 0 aliphatic carbocycles. The lowest BCUT2D eigenvalue weighted by Gasteiger charge is -2.23. The predicted molar refractivity (Wildman–Crippen MR) is 94.5 cm³/mol. The van der Waals surface area contributed by atoms with Gasteiger partial charge < -0.3 is 14.6 Å². The molecule has 1 aromatic heterocycles. The first kappa shape index (κ1) is 18.4. The van der Waals surface area contributed by atoms with E-state index in [2.05, 4.69) is 10.5 Å².